The van der Waals surface area contributed by atoms with Crippen molar-refractivity contribution in [1.29, 1.82) is 0 Å². The third-order valence-corrected chi connectivity index (χ3v) is 2.35. The van der Waals surface area contributed by atoms with Crippen LogP contribution in [0.1, 0.15) is 28.7 Å². The molecule has 1 N–H and O–H groups in total. The summed E-state index contributed by atoms with van der Waals surface area (Å²) in [5, 5.41) is 2.80. The Morgan fingerprint density at radius 2 is 2.17 bits per heavy atom. The van der Waals surface area contributed by atoms with E-state index in [-0.39, 0.29) is 5.91 Å². The highest BCUT2D eigenvalue weighted by Crippen LogP contribution is 2.05. The Kier molecular flexibility index (Phi) is 5.52. The molecular formula is C14H20N2O2. The number of nitrogens with one attached hydrogen (secondary N) is 1. The Balaban J connectivity index is 2.39. The first-order chi connectivity index (χ1) is 8.50. The maximum atomic E-state index is 11.8. The minimum Gasteiger partial charge on any atom is -0.375 e. The largest absolute Gasteiger partial charge is 0.375 e. The monoisotopic (exact) mass is 248 g/mol. The molecule has 0 atom stereocenters. The van der Waals surface area contributed by atoms with Crippen LogP contribution in [0.15, 0.2) is 24.3 Å². The predicted molar refractivity (Wildman–Crippen MR) is 71.7 cm³/mol. The van der Waals surface area contributed by atoms with Gasteiger partial charge in [-0.15, -0.1) is 0 Å². The smallest absolute Gasteiger partial charge is 0.253 e. The van der Waals surface area contributed by atoms with Gasteiger partial charge in [-0.25, -0.2) is 0 Å². The molecule has 0 saturated heterocycles. The van der Waals surface area contributed by atoms with Crippen molar-refractivity contribution in [1.82, 2.24) is 10.3 Å². The molecule has 0 aliphatic rings. The minimum absolute atomic E-state index is 0.112. The molecule has 0 unspecified atom stereocenters. The van der Waals surface area contributed by atoms with E-state index in [1.54, 1.807) is 6.07 Å². The molecule has 0 spiro atoms. The van der Waals surface area contributed by atoms with Crippen LogP contribution < -0.4 is 5.32 Å². The second-order valence-corrected chi connectivity index (χ2v) is 4.35. The third kappa shape index (κ3) is 4.67. The van der Waals surface area contributed by atoms with Crippen LogP contribution in [0, 0.1) is 13.8 Å². The molecular weight excluding hydrogens is 228 g/mol. The molecule has 4 nitrogen and oxygen atoms in total. The molecule has 4 heteroatoms. The quantitative estimate of drug-likeness (QED) is 0.619. The molecule has 0 bridgehead atoms. The number of ether oxygens (including phenoxy) is 1. The topological polar surface area (TPSA) is 51.2 Å². The van der Waals surface area contributed by atoms with E-state index in [1.165, 1.54) is 0 Å². The van der Waals surface area contributed by atoms with Crippen molar-refractivity contribution in [3.63, 3.8) is 0 Å². The molecule has 18 heavy (non-hydrogen) atoms. The summed E-state index contributed by atoms with van der Waals surface area (Å²) < 4.78 is 5.30. The van der Waals surface area contributed by atoms with Gasteiger partial charge in [-0.1, -0.05) is 12.2 Å². The van der Waals surface area contributed by atoms with Crippen LogP contribution in [0.2, 0.25) is 0 Å². The molecule has 1 rings (SSSR count). The summed E-state index contributed by atoms with van der Waals surface area (Å²) in [5.41, 5.74) is 3.24. The second kappa shape index (κ2) is 6.91. The average Bonchev–Trinajstić information content (AvgIpc) is 2.27. The fraction of sp³-hybridized carbons (Fsp3) is 0.429. The van der Waals surface area contributed by atoms with Crippen molar-refractivity contribution in [2.45, 2.75) is 20.8 Å². The highest BCUT2D eigenvalue weighted by atomic mass is 16.5. The van der Waals surface area contributed by atoms with Gasteiger partial charge in [0, 0.05) is 12.2 Å². The van der Waals surface area contributed by atoms with Crippen LogP contribution in [-0.4, -0.2) is 30.6 Å². The Morgan fingerprint density at radius 3 is 2.78 bits per heavy atom. The highest BCUT2D eigenvalue weighted by Gasteiger charge is 2.08. The number of carbonyl (C=O) groups excluding carboxylic acids is 1. The van der Waals surface area contributed by atoms with Crippen LogP contribution in [0.25, 0.3) is 0 Å². The van der Waals surface area contributed by atoms with Gasteiger partial charge in [-0.3, -0.25) is 9.78 Å². The molecule has 1 aromatic heterocycles. The van der Waals surface area contributed by atoms with Crippen molar-refractivity contribution >= 4 is 5.91 Å². The zero-order chi connectivity index (χ0) is 13.5. The third-order valence-electron chi connectivity index (χ3n) is 2.35. The molecule has 98 valence electrons. The van der Waals surface area contributed by atoms with Gasteiger partial charge in [0.05, 0.1) is 24.5 Å². The average molecular weight is 248 g/mol. The molecule has 0 aromatic carbocycles. The van der Waals surface area contributed by atoms with E-state index >= 15 is 0 Å². The lowest BCUT2D eigenvalue weighted by molar-refractivity contribution is 0.0926. The van der Waals surface area contributed by atoms with E-state index in [0.717, 1.165) is 17.0 Å². The number of hydrogen-bond acceptors (Lipinski definition) is 3. The SMILES string of the molecule is C=C(C)COCCNC(=O)c1ccc(C)nc1C. The van der Waals surface area contributed by atoms with Crippen LogP contribution in [-0.2, 0) is 4.74 Å². The first-order valence-electron chi connectivity index (χ1n) is 5.95. The first kappa shape index (κ1) is 14.4. The van der Waals surface area contributed by atoms with Crippen LogP contribution >= 0.6 is 0 Å². The van der Waals surface area contributed by atoms with Crippen molar-refractivity contribution in [2.75, 3.05) is 19.8 Å². The maximum absolute atomic E-state index is 11.8. The summed E-state index contributed by atoms with van der Waals surface area (Å²) in [4.78, 5) is 16.1. The van der Waals surface area contributed by atoms with Crippen molar-refractivity contribution in [3.05, 3.63) is 41.2 Å². The first-order valence-corrected chi connectivity index (χ1v) is 5.95. The summed E-state index contributed by atoms with van der Waals surface area (Å²) in [6.07, 6.45) is 0. The van der Waals surface area contributed by atoms with E-state index in [4.69, 9.17) is 4.74 Å². The fourth-order valence-corrected chi connectivity index (χ4v) is 1.50. The summed E-state index contributed by atoms with van der Waals surface area (Å²) in [7, 11) is 0. The number of aromatic nitrogens is 1. The Bertz CT molecular complexity index is 441. The van der Waals surface area contributed by atoms with Crippen LogP contribution in [0.4, 0.5) is 0 Å². The normalized spacial score (nSPS) is 10.2. The van der Waals surface area contributed by atoms with Crippen molar-refractivity contribution in [2.24, 2.45) is 0 Å². The number of rotatable bonds is 6. The van der Waals surface area contributed by atoms with E-state index in [2.05, 4.69) is 16.9 Å². The number of hydrogen-bond donors (Lipinski definition) is 1. The fourth-order valence-electron chi connectivity index (χ4n) is 1.50. The Hall–Kier alpha value is -1.68. The van der Waals surface area contributed by atoms with Gasteiger partial charge in [-0.05, 0) is 32.9 Å². The zero-order valence-electron chi connectivity index (χ0n) is 11.2. The Morgan fingerprint density at radius 1 is 1.44 bits per heavy atom. The van der Waals surface area contributed by atoms with Gasteiger partial charge in [0.15, 0.2) is 0 Å². The summed E-state index contributed by atoms with van der Waals surface area (Å²) in [6, 6.07) is 3.63. The van der Waals surface area contributed by atoms with Crippen molar-refractivity contribution < 1.29 is 9.53 Å². The summed E-state index contributed by atoms with van der Waals surface area (Å²) >= 11 is 0. The lowest BCUT2D eigenvalue weighted by Gasteiger charge is -2.08. The predicted octanol–water partition coefficient (Wildman–Crippen LogP) is 2.02. The Labute approximate surface area is 108 Å². The van der Waals surface area contributed by atoms with E-state index in [0.29, 0.717) is 25.3 Å². The van der Waals surface area contributed by atoms with E-state index < -0.39 is 0 Å². The standard InChI is InChI=1S/C14H20N2O2/c1-10(2)9-18-8-7-15-14(17)13-6-5-11(3)16-12(13)4/h5-6H,1,7-9H2,2-4H3,(H,15,17). The van der Waals surface area contributed by atoms with Gasteiger partial charge in [-0.2, -0.15) is 0 Å². The van der Waals surface area contributed by atoms with Crippen LogP contribution in [0.5, 0.6) is 0 Å². The van der Waals surface area contributed by atoms with Gasteiger partial charge in [0.2, 0.25) is 0 Å². The number of carbonyl (C=O) groups is 1. The van der Waals surface area contributed by atoms with Crippen molar-refractivity contribution in [3.8, 4) is 0 Å². The molecule has 0 aliphatic carbocycles. The molecule has 1 aromatic rings. The van der Waals surface area contributed by atoms with Gasteiger partial charge >= 0.3 is 0 Å². The highest BCUT2D eigenvalue weighted by molar-refractivity contribution is 5.95. The number of pyridine rings is 1. The summed E-state index contributed by atoms with van der Waals surface area (Å²) in [6.45, 7) is 10.9. The van der Waals surface area contributed by atoms with E-state index in [9.17, 15) is 4.79 Å². The minimum atomic E-state index is -0.112. The number of aryl methyl sites for hydroxylation is 2. The lowest BCUT2D eigenvalue weighted by atomic mass is 10.2. The molecule has 1 heterocycles. The maximum Gasteiger partial charge on any atom is 0.253 e. The zero-order valence-corrected chi connectivity index (χ0v) is 11.2. The molecule has 0 aliphatic heterocycles. The molecule has 0 saturated carbocycles. The second-order valence-electron chi connectivity index (χ2n) is 4.35. The number of amides is 1. The molecule has 1 amide bonds. The van der Waals surface area contributed by atoms with Gasteiger partial charge < -0.3 is 10.1 Å². The lowest BCUT2D eigenvalue weighted by Crippen LogP contribution is -2.28. The van der Waals surface area contributed by atoms with Crippen LogP contribution in [0.3, 0.4) is 0 Å². The van der Waals surface area contributed by atoms with Gasteiger partial charge in [0.1, 0.15) is 0 Å². The van der Waals surface area contributed by atoms with E-state index in [1.807, 2.05) is 26.8 Å². The van der Waals surface area contributed by atoms with Gasteiger partial charge in [0.25, 0.3) is 5.91 Å². The number of nitrogens with zero attached hydrogens (tertiary/aromatic N) is 1. The summed E-state index contributed by atoms with van der Waals surface area (Å²) in [5.74, 6) is -0.112. The molecule has 0 fully saturated rings. The molecule has 0 radical (unpaired) electrons.